The van der Waals surface area contributed by atoms with E-state index in [0.717, 1.165) is 26.4 Å². The third-order valence-corrected chi connectivity index (χ3v) is 2.38. The van der Waals surface area contributed by atoms with Crippen LogP contribution in [0.4, 0.5) is 5.69 Å². The van der Waals surface area contributed by atoms with Crippen LogP contribution >= 0.6 is 0 Å². The standard InChI is InChI=1S/C6H5NO2.C6H10O3/c8-7(9)6-4-2-1-3-5-6;1(5-3-8-5)7-2-6-4-9-6/h1-5H;5-6H,1-4H2. The molecule has 6 heteroatoms. The van der Waals surface area contributed by atoms with Gasteiger partial charge in [0.05, 0.1) is 31.4 Å². The summed E-state index contributed by atoms with van der Waals surface area (Å²) in [6.45, 7) is 3.26. The van der Waals surface area contributed by atoms with Gasteiger partial charge in [-0.15, -0.1) is 0 Å². The minimum absolute atomic E-state index is 0.137. The smallest absolute Gasteiger partial charge is 0.269 e. The molecular formula is C12H15NO5. The molecule has 0 saturated carbocycles. The van der Waals surface area contributed by atoms with Crippen LogP contribution in [0, 0.1) is 10.1 Å². The van der Waals surface area contributed by atoms with Crippen LogP contribution in [-0.4, -0.2) is 43.6 Å². The molecule has 2 aliphatic heterocycles. The highest BCUT2D eigenvalue weighted by molar-refractivity contribution is 5.27. The van der Waals surface area contributed by atoms with Crippen LogP contribution in [-0.2, 0) is 14.2 Å². The summed E-state index contributed by atoms with van der Waals surface area (Å²) in [7, 11) is 0. The van der Waals surface area contributed by atoms with Crippen molar-refractivity contribution in [3.63, 3.8) is 0 Å². The SMILES string of the molecule is C(OCC1CO1)C1CO1.O=[N+]([O-])c1ccccc1. The van der Waals surface area contributed by atoms with Gasteiger partial charge >= 0.3 is 0 Å². The molecule has 3 rings (SSSR count). The second-order valence-corrected chi connectivity index (χ2v) is 4.04. The number of nitro benzene ring substituents is 1. The van der Waals surface area contributed by atoms with Crippen LogP contribution in [0.1, 0.15) is 0 Å². The Kier molecular flexibility index (Phi) is 4.63. The molecule has 0 N–H and O–H groups in total. The Balaban J connectivity index is 0.000000134. The van der Waals surface area contributed by atoms with E-state index in [1.807, 2.05) is 0 Å². The lowest BCUT2D eigenvalue weighted by molar-refractivity contribution is -0.384. The third kappa shape index (κ3) is 5.22. The molecule has 0 amide bonds. The average Bonchev–Trinajstić information content (AvgIpc) is 3.26. The van der Waals surface area contributed by atoms with Gasteiger partial charge in [0.15, 0.2) is 0 Å². The van der Waals surface area contributed by atoms with Crippen molar-refractivity contribution in [2.45, 2.75) is 12.2 Å². The summed E-state index contributed by atoms with van der Waals surface area (Å²) in [5.41, 5.74) is 0.137. The van der Waals surface area contributed by atoms with E-state index in [-0.39, 0.29) is 5.69 Å². The number of non-ortho nitro benzene ring substituents is 1. The molecule has 2 atom stereocenters. The minimum atomic E-state index is -0.417. The fourth-order valence-electron chi connectivity index (χ4n) is 1.21. The highest BCUT2D eigenvalue weighted by Gasteiger charge is 2.26. The Morgan fingerprint density at radius 2 is 1.67 bits per heavy atom. The predicted molar refractivity (Wildman–Crippen MR) is 63.4 cm³/mol. The number of epoxide rings is 2. The minimum Gasteiger partial charge on any atom is -0.376 e. The van der Waals surface area contributed by atoms with E-state index in [2.05, 4.69) is 0 Å². The van der Waals surface area contributed by atoms with E-state index < -0.39 is 4.92 Å². The van der Waals surface area contributed by atoms with Gasteiger partial charge in [0.25, 0.3) is 5.69 Å². The molecule has 2 unspecified atom stereocenters. The number of nitro groups is 1. The number of ether oxygens (including phenoxy) is 3. The van der Waals surface area contributed by atoms with Crippen molar-refractivity contribution in [2.24, 2.45) is 0 Å². The van der Waals surface area contributed by atoms with Crippen LogP contribution in [0.25, 0.3) is 0 Å². The van der Waals surface area contributed by atoms with Crippen LogP contribution in [0.5, 0.6) is 0 Å². The Labute approximate surface area is 105 Å². The number of benzene rings is 1. The van der Waals surface area contributed by atoms with E-state index in [1.54, 1.807) is 18.2 Å². The number of para-hydroxylation sites is 1. The number of nitrogens with zero attached hydrogens (tertiary/aromatic N) is 1. The first-order valence-corrected chi connectivity index (χ1v) is 5.76. The summed E-state index contributed by atoms with van der Waals surface area (Å²) < 4.78 is 15.1. The monoisotopic (exact) mass is 253 g/mol. The lowest BCUT2D eigenvalue weighted by Gasteiger charge is -1.95. The van der Waals surface area contributed by atoms with Crippen LogP contribution in [0.2, 0.25) is 0 Å². The van der Waals surface area contributed by atoms with Gasteiger partial charge in [-0.3, -0.25) is 10.1 Å². The van der Waals surface area contributed by atoms with Gasteiger partial charge in [-0.25, -0.2) is 0 Å². The fourth-order valence-corrected chi connectivity index (χ4v) is 1.21. The summed E-state index contributed by atoms with van der Waals surface area (Å²) in [6, 6.07) is 7.93. The van der Waals surface area contributed by atoms with E-state index in [4.69, 9.17) is 14.2 Å². The molecule has 2 fully saturated rings. The lowest BCUT2D eigenvalue weighted by Crippen LogP contribution is -2.06. The zero-order valence-corrected chi connectivity index (χ0v) is 9.86. The van der Waals surface area contributed by atoms with E-state index >= 15 is 0 Å². The molecule has 6 nitrogen and oxygen atoms in total. The molecule has 0 aliphatic carbocycles. The first kappa shape index (κ1) is 12.9. The third-order valence-electron chi connectivity index (χ3n) is 2.38. The van der Waals surface area contributed by atoms with Gasteiger partial charge in [0, 0.05) is 12.1 Å². The first-order chi connectivity index (χ1) is 8.75. The highest BCUT2D eigenvalue weighted by atomic mass is 16.6. The van der Waals surface area contributed by atoms with Gasteiger partial charge in [-0.05, 0) is 0 Å². The fraction of sp³-hybridized carbons (Fsp3) is 0.500. The maximum atomic E-state index is 10.0. The zero-order valence-electron chi connectivity index (χ0n) is 9.86. The van der Waals surface area contributed by atoms with Crippen molar-refractivity contribution in [2.75, 3.05) is 26.4 Å². The number of hydrogen-bond donors (Lipinski definition) is 0. The molecule has 1 aromatic carbocycles. The maximum Gasteiger partial charge on any atom is 0.269 e. The quantitative estimate of drug-likeness (QED) is 0.450. The Morgan fingerprint density at radius 1 is 1.17 bits per heavy atom. The summed E-state index contributed by atoms with van der Waals surface area (Å²) in [5, 5.41) is 10.0. The highest BCUT2D eigenvalue weighted by Crippen LogP contribution is 2.12. The Hall–Kier alpha value is -1.50. The molecule has 0 spiro atoms. The van der Waals surface area contributed by atoms with E-state index in [0.29, 0.717) is 12.2 Å². The van der Waals surface area contributed by atoms with E-state index in [1.165, 1.54) is 12.1 Å². The Bertz CT molecular complexity index is 363. The number of rotatable bonds is 5. The topological polar surface area (TPSA) is 77.4 Å². The van der Waals surface area contributed by atoms with Gasteiger partial charge in [0.2, 0.25) is 0 Å². The zero-order chi connectivity index (χ0) is 12.8. The van der Waals surface area contributed by atoms with Crippen LogP contribution in [0.15, 0.2) is 30.3 Å². The number of hydrogen-bond acceptors (Lipinski definition) is 5. The van der Waals surface area contributed by atoms with Crippen molar-refractivity contribution < 1.29 is 19.1 Å². The summed E-state index contributed by atoms with van der Waals surface area (Å²) in [4.78, 5) is 9.59. The van der Waals surface area contributed by atoms with Crippen molar-refractivity contribution in [3.05, 3.63) is 40.4 Å². The van der Waals surface area contributed by atoms with Gasteiger partial charge in [-0.1, -0.05) is 18.2 Å². The molecule has 0 aromatic heterocycles. The lowest BCUT2D eigenvalue weighted by atomic mass is 10.3. The second kappa shape index (κ2) is 6.44. The molecule has 0 bridgehead atoms. The van der Waals surface area contributed by atoms with Crippen molar-refractivity contribution in [1.29, 1.82) is 0 Å². The molecule has 2 saturated heterocycles. The predicted octanol–water partition coefficient (Wildman–Crippen LogP) is 1.40. The van der Waals surface area contributed by atoms with Crippen molar-refractivity contribution in [1.82, 2.24) is 0 Å². The second-order valence-electron chi connectivity index (χ2n) is 4.04. The molecule has 2 aliphatic rings. The molecule has 98 valence electrons. The Morgan fingerprint density at radius 3 is 2.00 bits per heavy atom. The maximum absolute atomic E-state index is 10.0. The van der Waals surface area contributed by atoms with Crippen LogP contribution in [0.3, 0.4) is 0 Å². The van der Waals surface area contributed by atoms with Crippen molar-refractivity contribution in [3.8, 4) is 0 Å². The average molecular weight is 253 g/mol. The first-order valence-electron chi connectivity index (χ1n) is 5.76. The summed E-state index contributed by atoms with van der Waals surface area (Å²) in [5.74, 6) is 0. The van der Waals surface area contributed by atoms with Crippen LogP contribution < -0.4 is 0 Å². The van der Waals surface area contributed by atoms with Gasteiger partial charge < -0.3 is 14.2 Å². The molecule has 1 aromatic rings. The molecule has 18 heavy (non-hydrogen) atoms. The normalized spacial score (nSPS) is 23.8. The molecule has 2 heterocycles. The molecule has 0 radical (unpaired) electrons. The van der Waals surface area contributed by atoms with E-state index in [9.17, 15) is 10.1 Å². The summed E-state index contributed by atoms with van der Waals surface area (Å²) >= 11 is 0. The molecular weight excluding hydrogens is 238 g/mol. The van der Waals surface area contributed by atoms with Gasteiger partial charge in [-0.2, -0.15) is 0 Å². The van der Waals surface area contributed by atoms with Gasteiger partial charge in [0.1, 0.15) is 12.2 Å². The largest absolute Gasteiger partial charge is 0.376 e. The summed E-state index contributed by atoms with van der Waals surface area (Å²) in [6.07, 6.45) is 0.785. The van der Waals surface area contributed by atoms with Crippen molar-refractivity contribution >= 4 is 5.69 Å².